The van der Waals surface area contributed by atoms with Crippen LogP contribution < -0.4 is 5.73 Å². The fraction of sp³-hybridized carbons (Fsp3) is 0.222. The molecule has 0 atom stereocenters. The van der Waals surface area contributed by atoms with Gasteiger partial charge in [0.25, 0.3) is 0 Å². The van der Waals surface area contributed by atoms with Gasteiger partial charge in [0, 0.05) is 0 Å². The van der Waals surface area contributed by atoms with Gasteiger partial charge in [0.15, 0.2) is 4.34 Å². The Balaban J connectivity index is 2.47. The summed E-state index contributed by atoms with van der Waals surface area (Å²) in [7, 11) is 0. The van der Waals surface area contributed by atoms with Crippen LogP contribution in [-0.4, -0.2) is 25.4 Å². The molecule has 0 aliphatic heterocycles. The third-order valence-electron chi connectivity index (χ3n) is 2.22. The van der Waals surface area contributed by atoms with E-state index in [-0.39, 0.29) is 5.84 Å². The highest BCUT2D eigenvalue weighted by Crippen LogP contribution is 2.30. The van der Waals surface area contributed by atoms with Crippen molar-refractivity contribution in [1.29, 1.82) is 5.41 Å². The first-order valence-corrected chi connectivity index (χ1v) is 6.31. The fourth-order valence-corrected chi connectivity index (χ4v) is 2.77. The zero-order valence-electron chi connectivity index (χ0n) is 9.26. The number of aromatic nitrogens is 4. The first-order valence-electron chi connectivity index (χ1n) is 4.72. The molecule has 0 unspecified atom stereocenters. The third kappa shape index (κ3) is 2.42. The quantitative estimate of drug-likeness (QED) is 0.643. The summed E-state index contributed by atoms with van der Waals surface area (Å²) >= 11 is 2.59. The lowest BCUT2D eigenvalue weighted by Gasteiger charge is -2.09. The van der Waals surface area contributed by atoms with E-state index in [1.807, 2.05) is 13.8 Å². The lowest BCUT2D eigenvalue weighted by molar-refractivity contribution is 0.872. The molecule has 0 aromatic carbocycles. The first-order chi connectivity index (χ1) is 8.09. The average molecular weight is 266 g/mol. The molecule has 0 saturated heterocycles. The van der Waals surface area contributed by atoms with Crippen LogP contribution in [-0.2, 0) is 0 Å². The van der Waals surface area contributed by atoms with Crippen molar-refractivity contribution in [3.63, 3.8) is 0 Å². The largest absolute Gasteiger partial charge is 0.384 e. The molecule has 0 fully saturated rings. The molecule has 0 amide bonds. The lowest BCUT2D eigenvalue weighted by Crippen LogP contribution is -2.16. The summed E-state index contributed by atoms with van der Waals surface area (Å²) in [6.07, 6.45) is 1.48. The minimum Gasteiger partial charge on any atom is -0.384 e. The standard InChI is InChI=1S/C9H10N6S2/c1-4-5(2)14-15-8(6(4)7(10)11)16-9-12-3-13-17-9/h3H,1-2H3,(H3,10,11). The van der Waals surface area contributed by atoms with E-state index in [0.29, 0.717) is 10.6 Å². The molecule has 3 N–H and O–H groups in total. The van der Waals surface area contributed by atoms with Crippen molar-refractivity contribution in [1.82, 2.24) is 19.6 Å². The maximum absolute atomic E-state index is 7.61. The van der Waals surface area contributed by atoms with E-state index in [1.165, 1.54) is 29.6 Å². The maximum atomic E-state index is 7.61. The number of aryl methyl sites for hydroxylation is 1. The topological polar surface area (TPSA) is 101 Å². The van der Waals surface area contributed by atoms with Crippen LogP contribution in [0.15, 0.2) is 15.7 Å². The van der Waals surface area contributed by atoms with Crippen LogP contribution in [0.5, 0.6) is 0 Å². The van der Waals surface area contributed by atoms with Crippen LogP contribution in [0.2, 0.25) is 0 Å². The predicted octanol–water partition coefficient (Wildman–Crippen LogP) is 1.38. The Bertz CT molecular complexity index is 551. The third-order valence-corrected chi connectivity index (χ3v) is 3.91. The van der Waals surface area contributed by atoms with E-state index in [9.17, 15) is 0 Å². The Kier molecular flexibility index (Phi) is 3.34. The molecular weight excluding hydrogens is 256 g/mol. The number of amidine groups is 1. The fourth-order valence-electron chi connectivity index (χ4n) is 1.27. The van der Waals surface area contributed by atoms with E-state index in [2.05, 4.69) is 19.6 Å². The SMILES string of the molecule is Cc1nnc(Sc2ncns2)c(C(=N)N)c1C. The van der Waals surface area contributed by atoms with E-state index in [0.717, 1.165) is 15.6 Å². The Hall–Kier alpha value is -1.54. The minimum absolute atomic E-state index is 0.00693. The molecule has 2 rings (SSSR count). The van der Waals surface area contributed by atoms with Crippen LogP contribution >= 0.6 is 23.3 Å². The van der Waals surface area contributed by atoms with Crippen molar-refractivity contribution in [2.45, 2.75) is 23.2 Å². The van der Waals surface area contributed by atoms with Crippen LogP contribution in [0, 0.1) is 19.3 Å². The summed E-state index contributed by atoms with van der Waals surface area (Å²) in [5.74, 6) is -0.00693. The summed E-state index contributed by atoms with van der Waals surface area (Å²) in [5, 5.41) is 16.3. The van der Waals surface area contributed by atoms with Gasteiger partial charge in [0.05, 0.1) is 11.3 Å². The van der Waals surface area contributed by atoms with Gasteiger partial charge < -0.3 is 5.73 Å². The van der Waals surface area contributed by atoms with Gasteiger partial charge in [-0.3, -0.25) is 5.41 Å². The highest BCUT2D eigenvalue weighted by Gasteiger charge is 2.15. The van der Waals surface area contributed by atoms with Crippen molar-refractivity contribution < 1.29 is 0 Å². The lowest BCUT2D eigenvalue weighted by atomic mass is 10.1. The number of nitrogens with zero attached hydrogens (tertiary/aromatic N) is 4. The molecule has 0 radical (unpaired) electrons. The number of rotatable bonds is 3. The van der Waals surface area contributed by atoms with E-state index in [4.69, 9.17) is 11.1 Å². The molecule has 0 bridgehead atoms. The molecule has 0 aliphatic carbocycles. The van der Waals surface area contributed by atoms with Gasteiger partial charge in [-0.25, -0.2) is 4.98 Å². The molecule has 2 aromatic rings. The van der Waals surface area contributed by atoms with Gasteiger partial charge in [-0.1, -0.05) is 0 Å². The molecule has 88 valence electrons. The second-order valence-electron chi connectivity index (χ2n) is 3.31. The van der Waals surface area contributed by atoms with Crippen LogP contribution in [0.25, 0.3) is 0 Å². The molecule has 2 heterocycles. The molecule has 0 aliphatic rings. The van der Waals surface area contributed by atoms with Crippen molar-refractivity contribution in [2.75, 3.05) is 0 Å². The number of hydrogen-bond acceptors (Lipinski definition) is 7. The predicted molar refractivity (Wildman–Crippen MR) is 66.6 cm³/mol. The number of nitrogens with one attached hydrogen (secondary N) is 1. The Morgan fingerprint density at radius 3 is 2.76 bits per heavy atom. The summed E-state index contributed by atoms with van der Waals surface area (Å²) in [6.45, 7) is 3.72. The van der Waals surface area contributed by atoms with Gasteiger partial charge >= 0.3 is 0 Å². The van der Waals surface area contributed by atoms with Gasteiger partial charge in [0.2, 0.25) is 0 Å². The first kappa shape index (κ1) is 11.9. The van der Waals surface area contributed by atoms with Gasteiger partial charge in [-0.2, -0.15) is 9.47 Å². The highest BCUT2D eigenvalue weighted by atomic mass is 32.2. The van der Waals surface area contributed by atoms with E-state index in [1.54, 1.807) is 0 Å². The van der Waals surface area contributed by atoms with Crippen LogP contribution in [0.4, 0.5) is 0 Å². The zero-order chi connectivity index (χ0) is 12.4. The molecule has 0 spiro atoms. The van der Waals surface area contributed by atoms with Crippen molar-refractivity contribution in [3.05, 3.63) is 23.1 Å². The molecule has 8 heteroatoms. The van der Waals surface area contributed by atoms with E-state index < -0.39 is 0 Å². The molecule has 0 saturated carbocycles. The van der Waals surface area contributed by atoms with Crippen LogP contribution in [0.3, 0.4) is 0 Å². The Morgan fingerprint density at radius 1 is 1.41 bits per heavy atom. The van der Waals surface area contributed by atoms with Gasteiger partial charge in [0.1, 0.15) is 17.2 Å². The number of nitrogens with two attached hydrogens (primary N) is 1. The maximum Gasteiger partial charge on any atom is 0.176 e. The molecule has 6 nitrogen and oxygen atoms in total. The Labute approximate surface area is 106 Å². The molecular formula is C9H10N6S2. The van der Waals surface area contributed by atoms with Crippen molar-refractivity contribution >= 4 is 29.1 Å². The molecule has 2 aromatic heterocycles. The minimum atomic E-state index is -0.00693. The van der Waals surface area contributed by atoms with Crippen LogP contribution in [0.1, 0.15) is 16.8 Å². The normalized spacial score (nSPS) is 10.5. The zero-order valence-corrected chi connectivity index (χ0v) is 10.9. The smallest absolute Gasteiger partial charge is 0.176 e. The number of hydrogen-bond donors (Lipinski definition) is 2. The summed E-state index contributed by atoms with van der Waals surface area (Å²) in [5.41, 5.74) is 7.86. The summed E-state index contributed by atoms with van der Waals surface area (Å²) in [4.78, 5) is 4.06. The van der Waals surface area contributed by atoms with Gasteiger partial charge in [-0.05, 0) is 42.7 Å². The average Bonchev–Trinajstić information content (AvgIpc) is 2.76. The highest BCUT2D eigenvalue weighted by molar-refractivity contribution is 8.01. The second kappa shape index (κ2) is 4.76. The number of nitrogen functional groups attached to an aromatic ring is 1. The monoisotopic (exact) mass is 266 g/mol. The van der Waals surface area contributed by atoms with Crippen molar-refractivity contribution in [3.8, 4) is 0 Å². The van der Waals surface area contributed by atoms with Gasteiger partial charge in [-0.15, -0.1) is 5.10 Å². The second-order valence-corrected chi connectivity index (χ2v) is 5.33. The summed E-state index contributed by atoms with van der Waals surface area (Å²) < 4.78 is 4.66. The van der Waals surface area contributed by atoms with Crippen molar-refractivity contribution in [2.24, 2.45) is 5.73 Å². The van der Waals surface area contributed by atoms with E-state index >= 15 is 0 Å². The Morgan fingerprint density at radius 2 is 2.18 bits per heavy atom. The summed E-state index contributed by atoms with van der Waals surface area (Å²) in [6, 6.07) is 0. The molecule has 17 heavy (non-hydrogen) atoms.